The lowest BCUT2D eigenvalue weighted by Gasteiger charge is -2.19. The van der Waals surface area contributed by atoms with Gasteiger partial charge in [-0.1, -0.05) is 18.2 Å². The fourth-order valence-electron chi connectivity index (χ4n) is 1.47. The molecule has 0 heterocycles. The first-order chi connectivity index (χ1) is 8.97. The number of ether oxygens (including phenoxy) is 2. The number of carbonyl (C=O) groups is 1. The predicted molar refractivity (Wildman–Crippen MR) is 75.3 cm³/mol. The van der Waals surface area contributed by atoms with Crippen LogP contribution < -0.4 is 10.1 Å². The van der Waals surface area contributed by atoms with Crippen LogP contribution in [0.3, 0.4) is 0 Å². The molecule has 0 unspecified atom stereocenters. The highest BCUT2D eigenvalue weighted by Gasteiger charge is 2.15. The first kappa shape index (κ1) is 15.5. The molecule has 4 nitrogen and oxygen atoms in total. The monoisotopic (exact) mass is 265 g/mol. The summed E-state index contributed by atoms with van der Waals surface area (Å²) in [7, 11) is 0. The van der Waals surface area contributed by atoms with Crippen LogP contribution >= 0.6 is 0 Å². The van der Waals surface area contributed by atoms with E-state index in [1.807, 2.05) is 51.1 Å². The Balaban J connectivity index is 2.01. The Kier molecular flexibility index (Phi) is 6.36. The highest BCUT2D eigenvalue weighted by Crippen LogP contribution is 2.08. The Morgan fingerprint density at radius 1 is 1.16 bits per heavy atom. The van der Waals surface area contributed by atoms with Crippen molar-refractivity contribution in [2.75, 3.05) is 19.7 Å². The van der Waals surface area contributed by atoms with Gasteiger partial charge in [-0.2, -0.15) is 0 Å². The van der Waals surface area contributed by atoms with Crippen molar-refractivity contribution in [3.05, 3.63) is 30.3 Å². The molecule has 0 atom stereocenters. The predicted octanol–water partition coefficient (Wildman–Crippen LogP) is 2.39. The number of carbonyl (C=O) groups excluding carboxylic acids is 1. The van der Waals surface area contributed by atoms with Crippen LogP contribution in [0.1, 0.15) is 27.2 Å². The van der Waals surface area contributed by atoms with Gasteiger partial charge in [-0.15, -0.1) is 0 Å². The number of benzene rings is 1. The summed E-state index contributed by atoms with van der Waals surface area (Å²) < 4.78 is 10.7. The van der Waals surface area contributed by atoms with Crippen molar-refractivity contribution in [2.45, 2.75) is 32.8 Å². The summed E-state index contributed by atoms with van der Waals surface area (Å²) in [5.41, 5.74) is -0.409. The Hall–Kier alpha value is -1.55. The number of hydrogen-bond donors (Lipinski definition) is 1. The van der Waals surface area contributed by atoms with Crippen LogP contribution in [0.2, 0.25) is 0 Å². The molecule has 1 rings (SSSR count). The molecular formula is C15H23NO3. The van der Waals surface area contributed by atoms with Crippen LogP contribution in [0.5, 0.6) is 5.75 Å². The Morgan fingerprint density at radius 2 is 1.84 bits per heavy atom. The van der Waals surface area contributed by atoms with Crippen molar-refractivity contribution in [1.29, 1.82) is 0 Å². The second-order valence-corrected chi connectivity index (χ2v) is 5.25. The summed E-state index contributed by atoms with van der Waals surface area (Å²) in [5, 5.41) is 3.15. The highest BCUT2D eigenvalue weighted by molar-refractivity contribution is 5.70. The summed E-state index contributed by atoms with van der Waals surface area (Å²) in [6.45, 7) is 7.49. The maximum atomic E-state index is 11.4. The maximum Gasteiger partial charge on any atom is 0.307 e. The van der Waals surface area contributed by atoms with E-state index in [0.717, 1.165) is 5.75 Å². The van der Waals surface area contributed by atoms with Crippen molar-refractivity contribution < 1.29 is 14.3 Å². The Morgan fingerprint density at radius 3 is 2.47 bits per heavy atom. The van der Waals surface area contributed by atoms with Gasteiger partial charge < -0.3 is 14.8 Å². The van der Waals surface area contributed by atoms with Gasteiger partial charge in [0.15, 0.2) is 0 Å². The molecule has 1 N–H and O–H groups in total. The molecule has 0 spiro atoms. The van der Waals surface area contributed by atoms with Gasteiger partial charge in [0.05, 0.1) is 6.42 Å². The maximum absolute atomic E-state index is 11.4. The van der Waals surface area contributed by atoms with Crippen LogP contribution in [0.25, 0.3) is 0 Å². The second-order valence-electron chi connectivity index (χ2n) is 5.25. The summed E-state index contributed by atoms with van der Waals surface area (Å²) in [6, 6.07) is 9.66. The SMILES string of the molecule is CC(C)(C)OC(=O)CCNCCOc1ccccc1. The van der Waals surface area contributed by atoms with Gasteiger partial charge in [-0.05, 0) is 32.9 Å². The van der Waals surface area contributed by atoms with Crippen molar-refractivity contribution in [3.8, 4) is 5.75 Å². The van der Waals surface area contributed by atoms with Crippen molar-refractivity contribution >= 4 is 5.97 Å². The summed E-state index contributed by atoms with van der Waals surface area (Å²) in [5.74, 6) is 0.681. The molecule has 0 aliphatic rings. The molecule has 4 heteroatoms. The topological polar surface area (TPSA) is 47.6 Å². The van der Waals surface area contributed by atoms with Crippen LogP contribution in [-0.4, -0.2) is 31.3 Å². The van der Waals surface area contributed by atoms with Crippen LogP contribution in [0.4, 0.5) is 0 Å². The van der Waals surface area contributed by atoms with Crippen molar-refractivity contribution in [1.82, 2.24) is 5.32 Å². The number of rotatable bonds is 7. The third-order valence-electron chi connectivity index (χ3n) is 2.22. The lowest BCUT2D eigenvalue weighted by Crippen LogP contribution is -2.28. The zero-order valence-corrected chi connectivity index (χ0v) is 11.9. The van der Waals surface area contributed by atoms with E-state index in [1.54, 1.807) is 0 Å². The fraction of sp³-hybridized carbons (Fsp3) is 0.533. The smallest absolute Gasteiger partial charge is 0.307 e. The van der Waals surface area contributed by atoms with Gasteiger partial charge in [0.2, 0.25) is 0 Å². The molecule has 0 saturated heterocycles. The van der Waals surface area contributed by atoms with Gasteiger partial charge in [-0.3, -0.25) is 4.79 Å². The number of nitrogens with one attached hydrogen (secondary N) is 1. The van der Waals surface area contributed by atoms with Gasteiger partial charge in [-0.25, -0.2) is 0 Å². The molecule has 0 aliphatic carbocycles. The first-order valence-electron chi connectivity index (χ1n) is 6.58. The quantitative estimate of drug-likeness (QED) is 0.607. The molecule has 0 amide bonds. The van der Waals surface area contributed by atoms with Crippen molar-refractivity contribution in [2.24, 2.45) is 0 Å². The van der Waals surface area contributed by atoms with E-state index in [9.17, 15) is 4.79 Å². The lowest BCUT2D eigenvalue weighted by molar-refractivity contribution is -0.154. The van der Waals surface area contributed by atoms with E-state index in [2.05, 4.69) is 5.32 Å². The Bertz CT molecular complexity index is 371. The highest BCUT2D eigenvalue weighted by atomic mass is 16.6. The van der Waals surface area contributed by atoms with E-state index in [-0.39, 0.29) is 5.97 Å². The summed E-state index contributed by atoms with van der Waals surface area (Å²) in [6.07, 6.45) is 0.378. The van der Waals surface area contributed by atoms with E-state index >= 15 is 0 Å². The average molecular weight is 265 g/mol. The minimum absolute atomic E-state index is 0.177. The van der Waals surface area contributed by atoms with Crippen LogP contribution in [-0.2, 0) is 9.53 Å². The molecule has 19 heavy (non-hydrogen) atoms. The largest absolute Gasteiger partial charge is 0.492 e. The number of para-hydroxylation sites is 1. The zero-order valence-electron chi connectivity index (χ0n) is 11.9. The zero-order chi connectivity index (χ0) is 14.1. The van der Waals surface area contributed by atoms with Gasteiger partial charge in [0, 0.05) is 13.1 Å². The molecule has 106 valence electrons. The minimum atomic E-state index is -0.409. The van der Waals surface area contributed by atoms with Crippen LogP contribution in [0.15, 0.2) is 30.3 Å². The molecule has 0 radical (unpaired) electrons. The standard InChI is InChI=1S/C15H23NO3/c1-15(2,3)19-14(17)9-10-16-11-12-18-13-7-5-4-6-8-13/h4-8,16H,9-12H2,1-3H3. The summed E-state index contributed by atoms with van der Waals surface area (Å²) in [4.78, 5) is 11.4. The molecule has 1 aromatic carbocycles. The average Bonchev–Trinajstić information content (AvgIpc) is 2.32. The number of esters is 1. The molecule has 0 fully saturated rings. The van der Waals surface area contributed by atoms with Crippen LogP contribution in [0, 0.1) is 0 Å². The van der Waals surface area contributed by atoms with E-state index in [4.69, 9.17) is 9.47 Å². The molecule has 1 aromatic rings. The third kappa shape index (κ3) is 8.21. The molecule has 0 bridgehead atoms. The molecule has 0 saturated carbocycles. The van der Waals surface area contributed by atoms with Gasteiger partial charge >= 0.3 is 5.97 Å². The summed E-state index contributed by atoms with van der Waals surface area (Å²) >= 11 is 0. The first-order valence-corrected chi connectivity index (χ1v) is 6.58. The normalized spacial score (nSPS) is 11.1. The fourth-order valence-corrected chi connectivity index (χ4v) is 1.47. The third-order valence-corrected chi connectivity index (χ3v) is 2.22. The lowest BCUT2D eigenvalue weighted by atomic mass is 10.2. The Labute approximate surface area is 115 Å². The second kappa shape index (κ2) is 7.79. The van der Waals surface area contributed by atoms with Gasteiger partial charge in [0.25, 0.3) is 0 Å². The molecule has 0 aliphatic heterocycles. The molecular weight excluding hydrogens is 242 g/mol. The minimum Gasteiger partial charge on any atom is -0.492 e. The van der Waals surface area contributed by atoms with E-state index < -0.39 is 5.60 Å². The number of hydrogen-bond acceptors (Lipinski definition) is 4. The van der Waals surface area contributed by atoms with Crippen molar-refractivity contribution in [3.63, 3.8) is 0 Å². The van der Waals surface area contributed by atoms with E-state index in [1.165, 1.54) is 0 Å². The van der Waals surface area contributed by atoms with E-state index in [0.29, 0.717) is 26.1 Å². The van der Waals surface area contributed by atoms with Gasteiger partial charge in [0.1, 0.15) is 18.0 Å². The molecule has 0 aromatic heterocycles.